The van der Waals surface area contributed by atoms with E-state index in [2.05, 4.69) is 9.97 Å². The molecule has 2 aromatic heterocycles. The van der Waals surface area contributed by atoms with Gasteiger partial charge in [0.2, 0.25) is 0 Å². The van der Waals surface area contributed by atoms with E-state index in [-0.39, 0.29) is 6.30 Å². The van der Waals surface area contributed by atoms with Crippen molar-refractivity contribution in [3.8, 4) is 0 Å². The van der Waals surface area contributed by atoms with Crippen LogP contribution in [0, 0.1) is 0 Å². The number of aromatic nitrogens is 2. The van der Waals surface area contributed by atoms with Crippen LogP contribution in [0.25, 0.3) is 0 Å². The van der Waals surface area contributed by atoms with Crippen LogP contribution in [0.4, 0.5) is 0 Å². The minimum absolute atomic E-state index is 0.0518. The summed E-state index contributed by atoms with van der Waals surface area (Å²) in [6.45, 7) is 0. The lowest BCUT2D eigenvalue weighted by Crippen LogP contribution is -1.87. The Morgan fingerprint density at radius 2 is 2.17 bits per heavy atom. The third kappa shape index (κ3) is 1.50. The Morgan fingerprint density at radius 1 is 1.33 bits per heavy atom. The largest absolute Gasteiger partial charge is 0.472 e. The zero-order valence-corrected chi connectivity index (χ0v) is 6.40. The predicted molar refractivity (Wildman–Crippen MR) is 43.5 cm³/mol. The smallest absolute Gasteiger partial charge is 0.115 e. The molecule has 0 saturated heterocycles. The fourth-order valence-electron chi connectivity index (χ4n) is 1.01. The molecule has 0 N–H and O–H groups in total. The molecule has 0 spiro atoms. The summed E-state index contributed by atoms with van der Waals surface area (Å²) in [5.74, 6) is 0. The maximum atomic E-state index is 7.10. The van der Waals surface area contributed by atoms with E-state index < -0.39 is 0 Å². The molecule has 0 aliphatic heterocycles. The minimum Gasteiger partial charge on any atom is -0.472 e. The third-order valence-electron chi connectivity index (χ3n) is 1.56. The Kier molecular flexibility index (Phi) is 1.57. The van der Waals surface area contributed by atoms with Gasteiger partial charge in [-0.2, -0.15) is 0 Å². The van der Waals surface area contributed by atoms with Gasteiger partial charge in [-0.15, -0.1) is 0 Å². The summed E-state index contributed by atoms with van der Waals surface area (Å²) in [5, 5.41) is 0. The lowest BCUT2D eigenvalue weighted by molar-refractivity contribution is 0.564. The van der Waals surface area contributed by atoms with Crippen molar-refractivity contribution in [1.82, 2.24) is 9.97 Å². The van der Waals surface area contributed by atoms with Crippen molar-refractivity contribution in [2.45, 2.75) is 6.42 Å². The van der Waals surface area contributed by atoms with E-state index in [1.165, 1.54) is 0 Å². The fraction of sp³-hybridized carbons (Fsp3) is 0.111. The number of furan rings is 1. The molecule has 0 amide bonds. The normalized spacial score (nSPS) is 11.2. The average molecular weight is 161 g/mol. The highest BCUT2D eigenvalue weighted by Crippen LogP contribution is 2.06. The Labute approximate surface area is 71.5 Å². The topological polar surface area (TPSA) is 38.9 Å². The van der Waals surface area contributed by atoms with Crippen molar-refractivity contribution in [1.29, 1.82) is 0 Å². The Morgan fingerprint density at radius 3 is 2.83 bits per heavy atom. The molecule has 2 heterocycles. The van der Waals surface area contributed by atoms with Gasteiger partial charge < -0.3 is 4.42 Å². The minimum atomic E-state index is 0.0518. The molecule has 0 unspecified atom stereocenters. The van der Waals surface area contributed by atoms with Crippen LogP contribution in [0.2, 0.25) is 0 Å². The molecule has 0 aliphatic rings. The van der Waals surface area contributed by atoms with Gasteiger partial charge in [-0.25, -0.2) is 9.97 Å². The van der Waals surface area contributed by atoms with Gasteiger partial charge in [0, 0.05) is 18.8 Å². The molecule has 0 fully saturated rings. The van der Waals surface area contributed by atoms with E-state index in [0.717, 1.165) is 17.5 Å². The summed E-state index contributed by atoms with van der Waals surface area (Å²) < 4.78 is 12.0. The standard InChI is InChI=1S/C9H8N2O/c1-2-12-6-8(1)3-9-4-10-7-11-5-9/h1-2,4-7H,3H2/i7D. The van der Waals surface area contributed by atoms with Crippen molar-refractivity contribution in [2.75, 3.05) is 0 Å². The van der Waals surface area contributed by atoms with Crippen LogP contribution in [0.5, 0.6) is 0 Å². The summed E-state index contributed by atoms with van der Waals surface area (Å²) in [4.78, 5) is 7.57. The van der Waals surface area contributed by atoms with Crippen molar-refractivity contribution in [3.05, 3.63) is 48.4 Å². The van der Waals surface area contributed by atoms with E-state index >= 15 is 0 Å². The van der Waals surface area contributed by atoms with E-state index in [0.29, 0.717) is 0 Å². The van der Waals surface area contributed by atoms with Gasteiger partial charge in [0.1, 0.15) is 7.67 Å². The van der Waals surface area contributed by atoms with Crippen LogP contribution in [0.1, 0.15) is 12.5 Å². The summed E-state index contributed by atoms with van der Waals surface area (Å²) >= 11 is 0. The number of hydrogen-bond donors (Lipinski definition) is 0. The first-order valence-electron chi connectivity index (χ1n) is 4.13. The van der Waals surface area contributed by atoms with Crippen LogP contribution in [-0.4, -0.2) is 9.97 Å². The molecule has 3 nitrogen and oxygen atoms in total. The van der Waals surface area contributed by atoms with Gasteiger partial charge >= 0.3 is 0 Å². The molecule has 3 heteroatoms. The van der Waals surface area contributed by atoms with Crippen molar-refractivity contribution >= 4 is 0 Å². The van der Waals surface area contributed by atoms with Gasteiger partial charge in [0.25, 0.3) is 0 Å². The Bertz CT molecular complexity index is 369. The van der Waals surface area contributed by atoms with Crippen LogP contribution in [-0.2, 0) is 6.42 Å². The van der Waals surface area contributed by atoms with Crippen molar-refractivity contribution in [2.24, 2.45) is 0 Å². The van der Waals surface area contributed by atoms with Crippen LogP contribution >= 0.6 is 0 Å². The summed E-state index contributed by atoms with van der Waals surface area (Å²) in [6, 6.07) is 1.90. The maximum absolute atomic E-state index is 7.10. The van der Waals surface area contributed by atoms with Gasteiger partial charge in [0.15, 0.2) is 0 Å². The van der Waals surface area contributed by atoms with Crippen molar-refractivity contribution < 1.29 is 5.79 Å². The molecule has 0 radical (unpaired) electrons. The summed E-state index contributed by atoms with van der Waals surface area (Å²) in [6.07, 6.45) is 7.43. The van der Waals surface area contributed by atoms with Crippen LogP contribution in [0.15, 0.2) is 41.7 Å². The van der Waals surface area contributed by atoms with Crippen LogP contribution < -0.4 is 0 Å². The summed E-state index contributed by atoms with van der Waals surface area (Å²) in [5.41, 5.74) is 2.07. The highest BCUT2D eigenvalue weighted by Gasteiger charge is 1.96. The molecule has 0 aliphatic carbocycles. The Hall–Kier alpha value is -1.64. The van der Waals surface area contributed by atoms with E-state index in [1.807, 2.05) is 6.07 Å². The second-order valence-corrected chi connectivity index (χ2v) is 2.50. The molecule has 0 aromatic carbocycles. The zero-order chi connectivity index (χ0) is 9.10. The molecule has 2 rings (SSSR count). The first kappa shape index (κ1) is 5.94. The number of hydrogen-bond acceptors (Lipinski definition) is 3. The lowest BCUT2D eigenvalue weighted by atomic mass is 10.1. The lowest BCUT2D eigenvalue weighted by Gasteiger charge is -1.94. The van der Waals surface area contributed by atoms with E-state index in [9.17, 15) is 0 Å². The van der Waals surface area contributed by atoms with Gasteiger partial charge in [-0.3, -0.25) is 0 Å². The van der Waals surface area contributed by atoms with Gasteiger partial charge in [-0.1, -0.05) is 0 Å². The SMILES string of the molecule is [2H]c1ncc(Cc2ccoc2)cn1. The zero-order valence-electron chi connectivity index (χ0n) is 7.40. The average Bonchev–Trinajstić information content (AvgIpc) is 2.62. The first-order valence-corrected chi connectivity index (χ1v) is 3.63. The molecule has 0 saturated carbocycles. The molecular weight excluding hydrogens is 152 g/mol. The Balaban J connectivity index is 2.15. The fourth-order valence-corrected chi connectivity index (χ4v) is 1.01. The van der Waals surface area contributed by atoms with Gasteiger partial charge in [0.05, 0.1) is 12.5 Å². The molecule has 2 aromatic rings. The second-order valence-electron chi connectivity index (χ2n) is 2.50. The van der Waals surface area contributed by atoms with Gasteiger partial charge in [-0.05, 0) is 17.2 Å². The maximum Gasteiger partial charge on any atom is 0.115 e. The monoisotopic (exact) mass is 161 g/mol. The van der Waals surface area contributed by atoms with Crippen LogP contribution in [0.3, 0.4) is 0 Å². The van der Waals surface area contributed by atoms with E-state index in [4.69, 9.17) is 5.79 Å². The summed E-state index contributed by atoms with van der Waals surface area (Å²) in [7, 11) is 0. The molecule has 12 heavy (non-hydrogen) atoms. The molecule has 0 bridgehead atoms. The highest BCUT2D eigenvalue weighted by atomic mass is 16.3. The van der Waals surface area contributed by atoms with Crippen molar-refractivity contribution in [3.63, 3.8) is 0 Å². The number of rotatable bonds is 2. The quantitative estimate of drug-likeness (QED) is 0.672. The molecule has 0 atom stereocenters. The second kappa shape index (κ2) is 3.17. The predicted octanol–water partition coefficient (Wildman–Crippen LogP) is 1.66. The first-order chi connectivity index (χ1) is 6.34. The third-order valence-corrected chi connectivity index (χ3v) is 1.56. The number of nitrogens with zero attached hydrogens (tertiary/aromatic N) is 2. The molecular formula is C9H8N2O. The van der Waals surface area contributed by atoms with E-state index in [1.54, 1.807) is 24.9 Å². The molecule has 60 valence electrons. The highest BCUT2D eigenvalue weighted by molar-refractivity contribution is 5.17.